The fraction of sp³-hybridized carbons (Fsp3) is 0.278. The second-order valence-electron chi connectivity index (χ2n) is 6.13. The fourth-order valence-electron chi connectivity index (χ4n) is 2.98. The summed E-state index contributed by atoms with van der Waals surface area (Å²) in [5.74, 6) is -0.331. The zero-order valence-corrected chi connectivity index (χ0v) is 15.6. The minimum Gasteiger partial charge on any atom is -0.353 e. The lowest BCUT2D eigenvalue weighted by Gasteiger charge is -2.34. The number of aryl methyl sites for hydroxylation is 2. The highest BCUT2D eigenvalue weighted by atomic mass is 35.5. The van der Waals surface area contributed by atoms with Gasteiger partial charge in [0.05, 0.1) is 4.90 Å². The van der Waals surface area contributed by atoms with Gasteiger partial charge in [-0.2, -0.15) is 4.31 Å². The Balaban J connectivity index is 2.10. The Morgan fingerprint density at radius 1 is 1.12 bits per heavy atom. The van der Waals surface area contributed by atoms with E-state index in [-0.39, 0.29) is 23.9 Å². The van der Waals surface area contributed by atoms with Crippen molar-refractivity contribution in [3.63, 3.8) is 0 Å². The van der Waals surface area contributed by atoms with Crippen LogP contribution in [0.25, 0.3) is 0 Å². The average molecular weight is 379 g/mol. The predicted molar refractivity (Wildman–Crippen MR) is 97.0 cm³/mol. The first-order chi connectivity index (χ1) is 11.8. The molecule has 5 nitrogen and oxygen atoms in total. The van der Waals surface area contributed by atoms with Gasteiger partial charge in [0, 0.05) is 18.1 Å². The Morgan fingerprint density at radius 2 is 1.80 bits per heavy atom. The maximum atomic E-state index is 13.3. The van der Waals surface area contributed by atoms with Gasteiger partial charge in [-0.3, -0.25) is 4.79 Å². The summed E-state index contributed by atoms with van der Waals surface area (Å²) in [6.45, 7) is 4.10. The number of hydrogen-bond acceptors (Lipinski definition) is 3. The van der Waals surface area contributed by atoms with Gasteiger partial charge in [-0.1, -0.05) is 35.9 Å². The molecule has 1 aliphatic heterocycles. The molecule has 2 aromatic rings. The van der Waals surface area contributed by atoms with Crippen molar-refractivity contribution < 1.29 is 13.2 Å². The van der Waals surface area contributed by atoms with E-state index in [0.717, 1.165) is 5.56 Å². The van der Waals surface area contributed by atoms with Gasteiger partial charge in [-0.05, 0) is 48.7 Å². The van der Waals surface area contributed by atoms with Crippen LogP contribution in [0, 0.1) is 13.8 Å². The monoisotopic (exact) mass is 378 g/mol. The molecule has 0 saturated carbocycles. The second kappa shape index (κ2) is 6.78. The number of benzene rings is 2. The summed E-state index contributed by atoms with van der Waals surface area (Å²) in [4.78, 5) is 12.7. The molecule has 25 heavy (non-hydrogen) atoms. The molecule has 1 saturated heterocycles. The lowest BCUT2D eigenvalue weighted by Crippen LogP contribution is -2.52. The topological polar surface area (TPSA) is 66.5 Å². The van der Waals surface area contributed by atoms with E-state index in [9.17, 15) is 13.2 Å². The minimum absolute atomic E-state index is 0.217. The number of carbonyl (C=O) groups is 1. The molecule has 2 aromatic carbocycles. The van der Waals surface area contributed by atoms with Crippen LogP contribution in [-0.2, 0) is 14.8 Å². The molecule has 0 aliphatic carbocycles. The zero-order valence-electron chi connectivity index (χ0n) is 14.0. The average Bonchev–Trinajstić information content (AvgIpc) is 2.57. The fourth-order valence-corrected chi connectivity index (χ4v) is 4.99. The number of rotatable bonds is 3. The van der Waals surface area contributed by atoms with Gasteiger partial charge in [0.1, 0.15) is 6.04 Å². The Bertz CT molecular complexity index is 910. The molecule has 1 amide bonds. The number of sulfonamides is 1. The van der Waals surface area contributed by atoms with Gasteiger partial charge in [0.2, 0.25) is 15.9 Å². The number of piperazine rings is 1. The van der Waals surface area contributed by atoms with Crippen LogP contribution in [0.3, 0.4) is 0 Å². The van der Waals surface area contributed by atoms with E-state index in [2.05, 4.69) is 5.32 Å². The molecule has 132 valence electrons. The number of nitrogens with one attached hydrogen (secondary N) is 1. The number of hydrogen-bond donors (Lipinski definition) is 1. The molecule has 1 N–H and O–H groups in total. The molecule has 1 aliphatic rings. The van der Waals surface area contributed by atoms with E-state index in [0.29, 0.717) is 16.1 Å². The highest BCUT2D eigenvalue weighted by molar-refractivity contribution is 7.89. The second-order valence-corrected chi connectivity index (χ2v) is 8.43. The highest BCUT2D eigenvalue weighted by Crippen LogP contribution is 2.31. The molecule has 1 fully saturated rings. The first kappa shape index (κ1) is 17.9. The number of halogens is 1. The first-order valence-corrected chi connectivity index (χ1v) is 9.75. The number of carbonyl (C=O) groups excluding carboxylic acids is 1. The third kappa shape index (κ3) is 3.42. The summed E-state index contributed by atoms with van der Waals surface area (Å²) in [6, 6.07) is 11.1. The molecule has 0 spiro atoms. The van der Waals surface area contributed by atoms with Gasteiger partial charge in [0.15, 0.2) is 0 Å². The summed E-state index contributed by atoms with van der Waals surface area (Å²) >= 11 is 5.91. The van der Waals surface area contributed by atoms with Crippen LogP contribution in [0.5, 0.6) is 0 Å². The Morgan fingerprint density at radius 3 is 2.48 bits per heavy atom. The molecular weight excluding hydrogens is 360 g/mol. The van der Waals surface area contributed by atoms with Crippen LogP contribution in [0.4, 0.5) is 0 Å². The largest absolute Gasteiger partial charge is 0.353 e. The van der Waals surface area contributed by atoms with Crippen molar-refractivity contribution in [3.05, 3.63) is 64.2 Å². The smallest absolute Gasteiger partial charge is 0.244 e. The predicted octanol–water partition coefficient (Wildman–Crippen LogP) is 2.82. The number of amides is 1. The quantitative estimate of drug-likeness (QED) is 0.893. The molecule has 0 radical (unpaired) electrons. The van der Waals surface area contributed by atoms with E-state index in [1.54, 1.807) is 43.3 Å². The van der Waals surface area contributed by atoms with Crippen molar-refractivity contribution in [1.29, 1.82) is 0 Å². The Kier molecular flexibility index (Phi) is 4.86. The van der Waals surface area contributed by atoms with Crippen LogP contribution >= 0.6 is 11.6 Å². The summed E-state index contributed by atoms with van der Waals surface area (Å²) in [7, 11) is -3.82. The maximum absolute atomic E-state index is 13.3. The standard InChI is InChI=1S/C18H19ClN2O3S/c1-12-3-4-13(2)16(11-12)25(23,24)21-10-9-20-18(22)17(21)14-5-7-15(19)8-6-14/h3-8,11,17H,9-10H2,1-2H3,(H,20,22). The third-order valence-corrected chi connectivity index (χ3v) is 6.54. The van der Waals surface area contributed by atoms with Gasteiger partial charge in [-0.25, -0.2) is 8.42 Å². The van der Waals surface area contributed by atoms with E-state index < -0.39 is 16.1 Å². The minimum atomic E-state index is -3.82. The summed E-state index contributed by atoms with van der Waals surface area (Å²) in [6.07, 6.45) is 0. The lowest BCUT2D eigenvalue weighted by molar-refractivity contribution is -0.126. The lowest BCUT2D eigenvalue weighted by atomic mass is 10.1. The third-order valence-electron chi connectivity index (χ3n) is 4.28. The van der Waals surface area contributed by atoms with Crippen LogP contribution in [0.15, 0.2) is 47.4 Å². The Labute approximate surface area is 152 Å². The van der Waals surface area contributed by atoms with Gasteiger partial charge < -0.3 is 5.32 Å². The van der Waals surface area contributed by atoms with Crippen molar-refractivity contribution >= 4 is 27.5 Å². The van der Waals surface area contributed by atoms with E-state index in [1.165, 1.54) is 4.31 Å². The molecule has 0 aromatic heterocycles. The summed E-state index contributed by atoms with van der Waals surface area (Å²) in [5, 5.41) is 3.28. The Hall–Kier alpha value is -1.89. The van der Waals surface area contributed by atoms with E-state index in [4.69, 9.17) is 11.6 Å². The molecule has 7 heteroatoms. The molecule has 1 heterocycles. The molecule has 3 rings (SSSR count). The van der Waals surface area contributed by atoms with Crippen LogP contribution in [0.1, 0.15) is 22.7 Å². The summed E-state index contributed by atoms with van der Waals surface area (Å²) in [5.41, 5.74) is 2.11. The van der Waals surface area contributed by atoms with Gasteiger partial charge >= 0.3 is 0 Å². The van der Waals surface area contributed by atoms with E-state index >= 15 is 0 Å². The summed E-state index contributed by atoms with van der Waals surface area (Å²) < 4.78 is 27.8. The maximum Gasteiger partial charge on any atom is 0.244 e. The molecule has 1 unspecified atom stereocenters. The van der Waals surface area contributed by atoms with Gasteiger partial charge in [0.25, 0.3) is 0 Å². The molecular formula is C18H19ClN2O3S. The van der Waals surface area contributed by atoms with Crippen molar-refractivity contribution in [1.82, 2.24) is 9.62 Å². The number of nitrogens with zero attached hydrogens (tertiary/aromatic N) is 1. The van der Waals surface area contributed by atoms with Crippen molar-refractivity contribution in [3.8, 4) is 0 Å². The van der Waals surface area contributed by atoms with Crippen molar-refractivity contribution in [2.75, 3.05) is 13.1 Å². The molecule has 0 bridgehead atoms. The highest BCUT2D eigenvalue weighted by Gasteiger charge is 2.40. The van der Waals surface area contributed by atoms with Gasteiger partial charge in [-0.15, -0.1) is 0 Å². The van der Waals surface area contributed by atoms with E-state index in [1.807, 2.05) is 13.0 Å². The first-order valence-electron chi connectivity index (χ1n) is 7.93. The SMILES string of the molecule is Cc1ccc(C)c(S(=O)(=O)N2CCNC(=O)C2c2ccc(Cl)cc2)c1. The van der Waals surface area contributed by atoms with Crippen LogP contribution in [0.2, 0.25) is 5.02 Å². The van der Waals surface area contributed by atoms with Crippen LogP contribution < -0.4 is 5.32 Å². The van der Waals surface area contributed by atoms with Crippen LogP contribution in [-0.4, -0.2) is 31.7 Å². The molecule has 1 atom stereocenters. The van der Waals surface area contributed by atoms with Crippen molar-refractivity contribution in [2.24, 2.45) is 0 Å². The normalized spacial score (nSPS) is 18.8. The van der Waals surface area contributed by atoms with Crippen molar-refractivity contribution in [2.45, 2.75) is 24.8 Å². The zero-order chi connectivity index (χ0) is 18.2.